The van der Waals surface area contributed by atoms with E-state index < -0.39 is 9.84 Å². The Labute approximate surface area is 112 Å². The minimum atomic E-state index is -3.12. The predicted octanol–water partition coefficient (Wildman–Crippen LogP) is 3.80. The number of hydrogen-bond acceptors (Lipinski definition) is 2. The lowest BCUT2D eigenvalue weighted by Gasteiger charge is -2.04. The second-order valence-corrected chi connectivity index (χ2v) is 6.65. The molecule has 0 aliphatic rings. The molecule has 0 saturated heterocycles. The number of halogens is 1. The van der Waals surface area contributed by atoms with Crippen molar-refractivity contribution in [1.82, 2.24) is 0 Å². The number of hydrogen-bond donors (Lipinski definition) is 0. The molecule has 2 rings (SSSR count). The molecule has 2 aromatic carbocycles. The molecular formula is C14H13ClO2S. The van der Waals surface area contributed by atoms with Crippen molar-refractivity contribution in [2.24, 2.45) is 0 Å². The first kappa shape index (κ1) is 13.1. The van der Waals surface area contributed by atoms with Gasteiger partial charge >= 0.3 is 0 Å². The van der Waals surface area contributed by atoms with Gasteiger partial charge in [-0.2, -0.15) is 0 Å². The number of rotatable bonds is 3. The van der Waals surface area contributed by atoms with Gasteiger partial charge in [-0.05, 0) is 35.4 Å². The minimum Gasteiger partial charge on any atom is -0.224 e. The molecule has 2 aromatic rings. The van der Waals surface area contributed by atoms with Crippen LogP contribution in [0.25, 0.3) is 11.1 Å². The van der Waals surface area contributed by atoms with Crippen molar-refractivity contribution in [3.05, 3.63) is 53.6 Å². The Morgan fingerprint density at radius 2 is 1.33 bits per heavy atom. The molecule has 0 bridgehead atoms. The molecule has 18 heavy (non-hydrogen) atoms. The molecule has 0 amide bonds. The van der Waals surface area contributed by atoms with E-state index in [2.05, 4.69) is 0 Å². The Morgan fingerprint density at radius 1 is 0.889 bits per heavy atom. The fourth-order valence-electron chi connectivity index (χ4n) is 1.66. The lowest BCUT2D eigenvalue weighted by molar-refractivity contribution is 0.597. The second kappa shape index (κ2) is 5.12. The Balaban J connectivity index is 2.36. The summed E-state index contributed by atoms with van der Waals surface area (Å²) in [6.45, 7) is 1.64. The van der Waals surface area contributed by atoms with Crippen LogP contribution in [0.15, 0.2) is 53.4 Å². The van der Waals surface area contributed by atoms with E-state index in [0.29, 0.717) is 9.92 Å². The van der Waals surface area contributed by atoms with E-state index in [-0.39, 0.29) is 5.75 Å². The highest BCUT2D eigenvalue weighted by molar-refractivity contribution is 7.91. The van der Waals surface area contributed by atoms with Crippen molar-refractivity contribution in [2.45, 2.75) is 11.8 Å². The maximum absolute atomic E-state index is 11.7. The van der Waals surface area contributed by atoms with E-state index in [9.17, 15) is 8.42 Å². The van der Waals surface area contributed by atoms with Crippen LogP contribution >= 0.6 is 11.6 Å². The Hall–Kier alpha value is -1.32. The van der Waals surface area contributed by atoms with Crippen molar-refractivity contribution in [3.8, 4) is 11.1 Å². The summed E-state index contributed by atoms with van der Waals surface area (Å²) in [6.07, 6.45) is 0. The molecule has 0 unspecified atom stereocenters. The molecule has 0 aliphatic carbocycles. The van der Waals surface area contributed by atoms with Gasteiger partial charge in [0.1, 0.15) is 0 Å². The molecule has 0 fully saturated rings. The monoisotopic (exact) mass is 280 g/mol. The zero-order chi connectivity index (χ0) is 13.2. The summed E-state index contributed by atoms with van der Waals surface area (Å²) in [5, 5.41) is 0.684. The quantitative estimate of drug-likeness (QED) is 0.857. The van der Waals surface area contributed by atoms with Crippen LogP contribution in [0.1, 0.15) is 6.92 Å². The second-order valence-electron chi connectivity index (χ2n) is 3.93. The third kappa shape index (κ3) is 2.74. The lowest BCUT2D eigenvalue weighted by Crippen LogP contribution is -2.02. The predicted molar refractivity (Wildman–Crippen MR) is 74.6 cm³/mol. The smallest absolute Gasteiger partial charge is 0.178 e. The Kier molecular flexibility index (Phi) is 3.73. The summed E-state index contributed by atoms with van der Waals surface area (Å²) < 4.78 is 23.4. The van der Waals surface area contributed by atoms with Gasteiger partial charge in [0.2, 0.25) is 0 Å². The molecule has 4 heteroatoms. The van der Waals surface area contributed by atoms with Crippen LogP contribution in [0, 0.1) is 0 Å². The molecule has 0 N–H and O–H groups in total. The molecule has 0 aliphatic heterocycles. The van der Waals surface area contributed by atoms with Gasteiger partial charge in [-0.3, -0.25) is 0 Å². The van der Waals surface area contributed by atoms with E-state index in [0.717, 1.165) is 11.1 Å². The average molecular weight is 281 g/mol. The maximum atomic E-state index is 11.7. The maximum Gasteiger partial charge on any atom is 0.178 e. The van der Waals surface area contributed by atoms with E-state index in [4.69, 9.17) is 11.6 Å². The van der Waals surface area contributed by atoms with Gasteiger partial charge in [0.15, 0.2) is 9.84 Å². The summed E-state index contributed by atoms with van der Waals surface area (Å²) in [7, 11) is -3.12. The summed E-state index contributed by atoms with van der Waals surface area (Å²) in [5.74, 6) is 0.118. The highest BCUT2D eigenvalue weighted by Crippen LogP contribution is 2.23. The van der Waals surface area contributed by atoms with E-state index >= 15 is 0 Å². The van der Waals surface area contributed by atoms with Gasteiger partial charge in [0, 0.05) is 5.02 Å². The first-order valence-electron chi connectivity index (χ1n) is 5.61. The van der Waals surface area contributed by atoms with E-state index in [1.165, 1.54) is 0 Å². The molecule has 0 spiro atoms. The van der Waals surface area contributed by atoms with Crippen LogP contribution < -0.4 is 0 Å². The van der Waals surface area contributed by atoms with Gasteiger partial charge in [0.25, 0.3) is 0 Å². The molecule has 0 atom stereocenters. The lowest BCUT2D eigenvalue weighted by atomic mass is 10.1. The normalized spacial score (nSPS) is 11.4. The van der Waals surface area contributed by atoms with Crippen molar-refractivity contribution in [2.75, 3.05) is 5.75 Å². The molecule has 0 saturated carbocycles. The summed E-state index contributed by atoms with van der Waals surface area (Å²) in [6, 6.07) is 14.3. The fourth-order valence-corrected chi connectivity index (χ4v) is 2.67. The summed E-state index contributed by atoms with van der Waals surface area (Å²) >= 11 is 5.82. The third-order valence-electron chi connectivity index (χ3n) is 2.77. The Bertz CT molecular complexity index is 628. The van der Waals surface area contributed by atoms with E-state index in [1.54, 1.807) is 19.1 Å². The summed E-state index contributed by atoms with van der Waals surface area (Å²) in [4.78, 5) is 0.364. The van der Waals surface area contributed by atoms with Crippen molar-refractivity contribution >= 4 is 21.4 Å². The van der Waals surface area contributed by atoms with Crippen LogP contribution in [0.2, 0.25) is 5.02 Å². The molecule has 0 heterocycles. The first-order chi connectivity index (χ1) is 8.53. The largest absolute Gasteiger partial charge is 0.224 e. The molecule has 94 valence electrons. The highest BCUT2D eigenvalue weighted by atomic mass is 35.5. The van der Waals surface area contributed by atoms with Gasteiger partial charge in [-0.15, -0.1) is 0 Å². The fraction of sp³-hybridized carbons (Fsp3) is 0.143. The minimum absolute atomic E-state index is 0.118. The molecule has 2 nitrogen and oxygen atoms in total. The summed E-state index contributed by atoms with van der Waals surface area (Å²) in [5.41, 5.74) is 1.99. The van der Waals surface area contributed by atoms with Crippen LogP contribution in [0.5, 0.6) is 0 Å². The van der Waals surface area contributed by atoms with Crippen LogP contribution in [0.4, 0.5) is 0 Å². The van der Waals surface area contributed by atoms with E-state index in [1.807, 2.05) is 36.4 Å². The van der Waals surface area contributed by atoms with Crippen molar-refractivity contribution in [1.29, 1.82) is 0 Å². The van der Waals surface area contributed by atoms with Gasteiger partial charge in [-0.1, -0.05) is 42.8 Å². The van der Waals surface area contributed by atoms with Gasteiger partial charge < -0.3 is 0 Å². The standard InChI is InChI=1S/C14H13ClO2S/c1-2-18(16,17)14-9-5-12(6-10-14)11-3-7-13(15)8-4-11/h3-10H,2H2,1H3. The van der Waals surface area contributed by atoms with Crippen molar-refractivity contribution < 1.29 is 8.42 Å². The van der Waals surface area contributed by atoms with Crippen LogP contribution in [-0.2, 0) is 9.84 Å². The van der Waals surface area contributed by atoms with Crippen LogP contribution in [-0.4, -0.2) is 14.2 Å². The molecule has 0 aromatic heterocycles. The van der Waals surface area contributed by atoms with Gasteiger partial charge in [0.05, 0.1) is 10.6 Å². The third-order valence-corrected chi connectivity index (χ3v) is 4.77. The topological polar surface area (TPSA) is 34.1 Å². The van der Waals surface area contributed by atoms with Crippen LogP contribution in [0.3, 0.4) is 0 Å². The number of sulfone groups is 1. The van der Waals surface area contributed by atoms with Crippen molar-refractivity contribution in [3.63, 3.8) is 0 Å². The number of benzene rings is 2. The van der Waals surface area contributed by atoms with Gasteiger partial charge in [-0.25, -0.2) is 8.42 Å². The zero-order valence-electron chi connectivity index (χ0n) is 9.93. The molecule has 0 radical (unpaired) electrons. The Morgan fingerprint density at radius 3 is 1.78 bits per heavy atom. The SMILES string of the molecule is CCS(=O)(=O)c1ccc(-c2ccc(Cl)cc2)cc1. The zero-order valence-corrected chi connectivity index (χ0v) is 11.5. The molecular weight excluding hydrogens is 268 g/mol. The first-order valence-corrected chi connectivity index (χ1v) is 7.65. The average Bonchev–Trinajstić information content (AvgIpc) is 2.40. The highest BCUT2D eigenvalue weighted by Gasteiger charge is 2.10.